The zero-order valence-corrected chi connectivity index (χ0v) is 33.6. The number of rotatable bonds is 9. The average Bonchev–Trinajstić information content (AvgIpc) is 3.76. The molecule has 3 aromatic heterocycles. The van der Waals surface area contributed by atoms with Gasteiger partial charge in [0.15, 0.2) is 5.69 Å². The van der Waals surface area contributed by atoms with Crippen LogP contribution in [0.1, 0.15) is 85.1 Å². The number of pyridine rings is 1. The smallest absolute Gasteiger partial charge is 0.329 e. The first-order valence-corrected chi connectivity index (χ1v) is 20.9. The Balaban J connectivity index is 0.774. The standard InChI is InChI=1S/C44H48F2N10O4/c1-51-40-30(7-3-10-34(40)56(44(51)60)35-16-18-37(57)49-43(35)59)8-4-19-52-22-24-53(25-23-52)26-28-11-14-31(15-12-28)55-27-33(39(50-55)41(45)46)47-42(58)32-9-2-6-29-13-17-36(48-38(29)32)54-20-5-21-54/h2-3,6-7,9-10,13,17,27-28,31,35,41H,5,11-12,14-16,18-26H2,1H3,(H,47,58)(H,49,57,59). The second-order valence-electron chi connectivity index (χ2n) is 16.5. The van der Waals surface area contributed by atoms with Gasteiger partial charge in [0.1, 0.15) is 11.9 Å². The summed E-state index contributed by atoms with van der Waals surface area (Å²) in [6.07, 6.45) is 3.84. The zero-order valence-electron chi connectivity index (χ0n) is 33.6. The SMILES string of the molecule is Cn1c(=O)n(C2CCC(=O)NC2=O)c2cccc(C#CCN3CCN(CC4CCC(n5cc(NC(=O)c6cccc7ccc(N8CCC8)nc67)c(C(F)F)n5)CC4)CC3)c21. The highest BCUT2D eigenvalue weighted by molar-refractivity contribution is 6.12. The molecule has 1 unspecified atom stereocenters. The molecule has 0 radical (unpaired) electrons. The highest BCUT2D eigenvalue weighted by atomic mass is 19.3. The van der Waals surface area contributed by atoms with E-state index in [0.29, 0.717) is 40.1 Å². The summed E-state index contributed by atoms with van der Waals surface area (Å²) in [6, 6.07) is 14.0. The van der Waals surface area contributed by atoms with E-state index in [2.05, 4.69) is 42.3 Å². The lowest BCUT2D eigenvalue weighted by atomic mass is 9.85. The molecule has 0 spiro atoms. The number of benzene rings is 2. The van der Waals surface area contributed by atoms with Crippen molar-refractivity contribution in [1.82, 2.24) is 39.0 Å². The molecular formula is C44H48F2N10O4. The number of fused-ring (bicyclic) bond motifs is 2. The number of aromatic nitrogens is 5. The minimum Gasteiger partial charge on any atom is -0.356 e. The highest BCUT2D eigenvalue weighted by Gasteiger charge is 2.32. The van der Waals surface area contributed by atoms with Gasteiger partial charge in [0, 0.05) is 70.9 Å². The molecule has 1 saturated carbocycles. The molecule has 2 aromatic carbocycles. The van der Waals surface area contributed by atoms with E-state index in [-0.39, 0.29) is 36.2 Å². The molecule has 312 valence electrons. The number of aryl methyl sites for hydroxylation is 1. The highest BCUT2D eigenvalue weighted by Crippen LogP contribution is 2.36. The molecule has 4 aliphatic rings. The van der Waals surface area contributed by atoms with Crippen molar-refractivity contribution in [2.45, 2.75) is 63.5 Å². The Bertz CT molecular complexity index is 2590. The molecule has 3 aliphatic heterocycles. The molecule has 3 amide bonds. The summed E-state index contributed by atoms with van der Waals surface area (Å²) in [6.45, 7) is 7.01. The summed E-state index contributed by atoms with van der Waals surface area (Å²) in [5, 5.41) is 10.2. The Morgan fingerprint density at radius 1 is 0.933 bits per heavy atom. The van der Waals surface area contributed by atoms with Crippen molar-refractivity contribution >= 4 is 51.2 Å². The number of nitrogens with one attached hydrogen (secondary N) is 2. The number of carbonyl (C=O) groups is 3. The number of piperidine rings is 1. The lowest BCUT2D eigenvalue weighted by molar-refractivity contribution is -0.135. The maximum Gasteiger partial charge on any atom is 0.329 e. The van der Waals surface area contributed by atoms with E-state index in [1.165, 1.54) is 9.13 Å². The van der Waals surface area contributed by atoms with Gasteiger partial charge in [-0.1, -0.05) is 30.0 Å². The van der Waals surface area contributed by atoms with Gasteiger partial charge in [-0.2, -0.15) is 5.10 Å². The van der Waals surface area contributed by atoms with Gasteiger partial charge in [-0.3, -0.25) is 38.4 Å². The molecule has 16 heteroatoms. The maximum atomic E-state index is 14.3. The molecule has 3 saturated heterocycles. The summed E-state index contributed by atoms with van der Waals surface area (Å²) < 4.78 is 33.2. The molecule has 60 heavy (non-hydrogen) atoms. The number of amides is 3. The number of piperazine rings is 1. The van der Waals surface area contributed by atoms with Crippen LogP contribution in [-0.4, -0.2) is 104 Å². The van der Waals surface area contributed by atoms with E-state index in [9.17, 15) is 28.0 Å². The fraction of sp³-hybridized carbons (Fsp3) is 0.455. The molecule has 0 bridgehead atoms. The predicted molar refractivity (Wildman–Crippen MR) is 223 cm³/mol. The van der Waals surface area contributed by atoms with Gasteiger partial charge in [0.05, 0.1) is 46.0 Å². The summed E-state index contributed by atoms with van der Waals surface area (Å²) in [4.78, 5) is 62.9. The minimum atomic E-state index is -2.84. The Morgan fingerprint density at radius 2 is 1.70 bits per heavy atom. The molecule has 1 atom stereocenters. The summed E-state index contributed by atoms with van der Waals surface area (Å²) in [5.74, 6) is 6.59. The number of anilines is 2. The van der Waals surface area contributed by atoms with Crippen LogP contribution in [0.5, 0.6) is 0 Å². The lowest BCUT2D eigenvalue weighted by Gasteiger charge is -2.37. The number of carbonyl (C=O) groups excluding carboxylic acids is 3. The zero-order chi connectivity index (χ0) is 41.5. The Hall–Kier alpha value is -5.92. The number of para-hydroxylation sites is 2. The quantitative estimate of drug-likeness (QED) is 0.158. The number of hydrogen-bond acceptors (Lipinski definition) is 9. The van der Waals surface area contributed by atoms with E-state index >= 15 is 0 Å². The van der Waals surface area contributed by atoms with Crippen LogP contribution in [0.25, 0.3) is 21.9 Å². The van der Waals surface area contributed by atoms with Crippen LogP contribution in [0.15, 0.2) is 59.5 Å². The van der Waals surface area contributed by atoms with Crippen LogP contribution < -0.4 is 21.2 Å². The minimum absolute atomic E-state index is 0.0256. The van der Waals surface area contributed by atoms with Crippen molar-refractivity contribution in [2.75, 3.05) is 62.6 Å². The van der Waals surface area contributed by atoms with Crippen molar-refractivity contribution in [3.8, 4) is 11.8 Å². The Labute approximate surface area is 345 Å². The number of hydrogen-bond donors (Lipinski definition) is 2. The second-order valence-corrected chi connectivity index (χ2v) is 16.5. The first-order chi connectivity index (χ1) is 29.1. The fourth-order valence-corrected chi connectivity index (χ4v) is 9.18. The topological polar surface area (TPSA) is 143 Å². The third-order valence-electron chi connectivity index (χ3n) is 12.7. The van der Waals surface area contributed by atoms with Crippen molar-refractivity contribution in [1.29, 1.82) is 0 Å². The van der Waals surface area contributed by atoms with Gasteiger partial charge in [-0.15, -0.1) is 0 Å². The van der Waals surface area contributed by atoms with Crippen molar-refractivity contribution in [3.05, 3.63) is 82.0 Å². The summed E-state index contributed by atoms with van der Waals surface area (Å²) >= 11 is 0. The van der Waals surface area contributed by atoms with Crippen LogP contribution in [0.4, 0.5) is 20.3 Å². The lowest BCUT2D eigenvalue weighted by Crippen LogP contribution is -2.48. The number of imide groups is 1. The molecule has 6 heterocycles. The molecule has 9 rings (SSSR count). The second kappa shape index (κ2) is 16.6. The van der Waals surface area contributed by atoms with Gasteiger partial charge in [0.25, 0.3) is 12.3 Å². The maximum absolute atomic E-state index is 14.3. The molecular weight excluding hydrogens is 771 g/mol. The van der Waals surface area contributed by atoms with Crippen LogP contribution in [0.2, 0.25) is 0 Å². The van der Waals surface area contributed by atoms with Gasteiger partial charge in [-0.25, -0.2) is 18.6 Å². The molecule has 1 aliphatic carbocycles. The van der Waals surface area contributed by atoms with E-state index in [1.807, 2.05) is 36.4 Å². The van der Waals surface area contributed by atoms with E-state index in [1.54, 1.807) is 30.1 Å². The normalized spacial score (nSPS) is 21.5. The average molecular weight is 819 g/mol. The number of imidazole rings is 1. The van der Waals surface area contributed by atoms with Crippen molar-refractivity contribution in [3.63, 3.8) is 0 Å². The van der Waals surface area contributed by atoms with Gasteiger partial charge >= 0.3 is 5.69 Å². The molecule has 14 nitrogen and oxygen atoms in total. The number of nitrogens with zero attached hydrogens (tertiary/aromatic N) is 8. The van der Waals surface area contributed by atoms with Crippen LogP contribution >= 0.6 is 0 Å². The predicted octanol–water partition coefficient (Wildman–Crippen LogP) is 4.86. The fourth-order valence-electron chi connectivity index (χ4n) is 9.18. The van der Waals surface area contributed by atoms with Gasteiger partial charge in [-0.05, 0) is 74.8 Å². The van der Waals surface area contributed by atoms with E-state index in [4.69, 9.17) is 4.98 Å². The van der Waals surface area contributed by atoms with E-state index < -0.39 is 30.0 Å². The largest absolute Gasteiger partial charge is 0.356 e. The van der Waals surface area contributed by atoms with Crippen LogP contribution in [-0.2, 0) is 16.6 Å². The number of halogens is 2. The molecule has 2 N–H and O–H groups in total. The summed E-state index contributed by atoms with van der Waals surface area (Å²) in [5.41, 5.74) is 2.16. The third kappa shape index (κ3) is 7.79. The molecule has 5 aromatic rings. The Morgan fingerprint density at radius 3 is 2.43 bits per heavy atom. The van der Waals surface area contributed by atoms with Crippen LogP contribution in [0.3, 0.4) is 0 Å². The van der Waals surface area contributed by atoms with Crippen molar-refractivity contribution in [2.24, 2.45) is 13.0 Å². The monoisotopic (exact) mass is 818 g/mol. The summed E-state index contributed by atoms with van der Waals surface area (Å²) in [7, 11) is 1.68. The van der Waals surface area contributed by atoms with Gasteiger partial charge in [0.2, 0.25) is 11.8 Å². The van der Waals surface area contributed by atoms with Gasteiger partial charge < -0.3 is 15.1 Å². The number of alkyl halides is 2. The Kier molecular flexibility index (Phi) is 10.9. The first-order valence-electron chi connectivity index (χ1n) is 20.9. The third-order valence-corrected chi connectivity index (χ3v) is 12.7. The molecule has 4 fully saturated rings. The first kappa shape index (κ1) is 39.5. The van der Waals surface area contributed by atoms with Crippen molar-refractivity contribution < 1.29 is 23.2 Å². The van der Waals surface area contributed by atoms with Crippen LogP contribution in [0, 0.1) is 17.8 Å². The van der Waals surface area contributed by atoms with E-state index in [0.717, 1.165) is 89.1 Å².